The Balaban J connectivity index is 4.92. The van der Waals surface area contributed by atoms with Gasteiger partial charge in [-0.05, 0) is 20.3 Å². The maximum absolute atomic E-state index is 11.4. The standard InChI is InChI=1S/C16H31NO3/c1-5-9-10-11-12-14(18)13-17(7-3,8-4)15(6-2)16(19)20/h13,15H,5-12H2,1-4H3,(H-,18,19,20)/p+1/b14-13-. The molecule has 0 radical (unpaired) electrons. The number of carboxylic acids is 1. The molecule has 118 valence electrons. The molecule has 20 heavy (non-hydrogen) atoms. The fourth-order valence-electron chi connectivity index (χ4n) is 2.79. The molecule has 1 unspecified atom stereocenters. The summed E-state index contributed by atoms with van der Waals surface area (Å²) in [6.07, 6.45) is 7.42. The summed E-state index contributed by atoms with van der Waals surface area (Å²) >= 11 is 0. The molecule has 0 bridgehead atoms. The van der Waals surface area contributed by atoms with Crippen LogP contribution in [0.25, 0.3) is 0 Å². The van der Waals surface area contributed by atoms with Crippen molar-refractivity contribution in [3.05, 3.63) is 12.0 Å². The van der Waals surface area contributed by atoms with Crippen LogP contribution in [0.4, 0.5) is 0 Å². The number of rotatable bonds is 11. The molecular weight excluding hydrogens is 254 g/mol. The van der Waals surface area contributed by atoms with Gasteiger partial charge in [0.15, 0.2) is 6.04 Å². The van der Waals surface area contributed by atoms with Crippen LogP contribution in [0.1, 0.15) is 66.2 Å². The van der Waals surface area contributed by atoms with E-state index < -0.39 is 12.0 Å². The van der Waals surface area contributed by atoms with Gasteiger partial charge in [0.1, 0.15) is 12.0 Å². The Morgan fingerprint density at radius 2 is 1.65 bits per heavy atom. The lowest BCUT2D eigenvalue weighted by Crippen LogP contribution is -2.54. The minimum absolute atomic E-state index is 0.325. The van der Waals surface area contributed by atoms with Gasteiger partial charge in [-0.15, -0.1) is 0 Å². The topological polar surface area (TPSA) is 57.5 Å². The number of carbonyl (C=O) groups is 1. The first kappa shape index (κ1) is 19.0. The number of quaternary nitrogens is 1. The van der Waals surface area contributed by atoms with Gasteiger partial charge in [-0.1, -0.05) is 33.1 Å². The number of hydrogen-bond donors (Lipinski definition) is 2. The third-order valence-electron chi connectivity index (χ3n) is 4.16. The number of likely N-dealkylation sites (N-methyl/N-ethyl adjacent to an activating group) is 1. The number of aliphatic carboxylic acids is 1. The summed E-state index contributed by atoms with van der Waals surface area (Å²) in [6, 6.07) is -0.484. The molecular formula is C16H32NO3+. The molecule has 0 aliphatic heterocycles. The number of aliphatic hydroxyl groups is 1. The SMILES string of the molecule is CCCCCC/C(O)=C/[N+](CC)(CC)C(CC)C(=O)O. The second kappa shape index (κ2) is 9.81. The maximum Gasteiger partial charge on any atom is 0.362 e. The quantitative estimate of drug-likeness (QED) is 0.342. The average Bonchev–Trinajstić information content (AvgIpc) is 2.42. The van der Waals surface area contributed by atoms with E-state index in [1.54, 1.807) is 6.20 Å². The van der Waals surface area contributed by atoms with Crippen molar-refractivity contribution < 1.29 is 19.5 Å². The van der Waals surface area contributed by atoms with E-state index in [-0.39, 0.29) is 0 Å². The van der Waals surface area contributed by atoms with E-state index in [0.717, 1.165) is 12.8 Å². The molecule has 0 saturated carbocycles. The smallest absolute Gasteiger partial charge is 0.362 e. The zero-order valence-electron chi connectivity index (χ0n) is 13.6. The molecule has 0 heterocycles. The molecule has 0 fully saturated rings. The monoisotopic (exact) mass is 286 g/mol. The summed E-state index contributed by atoms with van der Waals surface area (Å²) < 4.78 is 0.325. The molecule has 2 N–H and O–H groups in total. The van der Waals surface area contributed by atoms with E-state index in [1.807, 2.05) is 20.8 Å². The molecule has 4 nitrogen and oxygen atoms in total. The second-order valence-electron chi connectivity index (χ2n) is 5.43. The Bertz CT molecular complexity index is 309. The summed E-state index contributed by atoms with van der Waals surface area (Å²) in [6.45, 7) is 9.38. The largest absolute Gasteiger partial charge is 0.507 e. The number of aliphatic hydroxyl groups excluding tert-OH is 1. The van der Waals surface area contributed by atoms with Crippen LogP contribution >= 0.6 is 0 Å². The van der Waals surface area contributed by atoms with Gasteiger partial charge in [0.2, 0.25) is 0 Å². The molecule has 4 heteroatoms. The summed E-state index contributed by atoms with van der Waals surface area (Å²) in [5.74, 6) is -0.448. The first-order chi connectivity index (χ1) is 9.47. The molecule has 0 aromatic rings. The van der Waals surface area contributed by atoms with E-state index in [4.69, 9.17) is 0 Å². The van der Waals surface area contributed by atoms with Crippen LogP contribution in [0.2, 0.25) is 0 Å². The Morgan fingerprint density at radius 3 is 2.05 bits per heavy atom. The predicted molar refractivity (Wildman–Crippen MR) is 82.5 cm³/mol. The van der Waals surface area contributed by atoms with Crippen molar-refractivity contribution in [3.8, 4) is 0 Å². The molecule has 1 atom stereocenters. The fourth-order valence-corrected chi connectivity index (χ4v) is 2.79. The summed E-state index contributed by atoms with van der Waals surface area (Å²) in [5, 5.41) is 19.5. The highest BCUT2D eigenvalue weighted by atomic mass is 16.4. The molecule has 0 rings (SSSR count). The first-order valence-corrected chi connectivity index (χ1v) is 7.97. The van der Waals surface area contributed by atoms with Gasteiger partial charge in [0.25, 0.3) is 0 Å². The number of hydrogen-bond acceptors (Lipinski definition) is 2. The van der Waals surface area contributed by atoms with Gasteiger partial charge < -0.3 is 10.2 Å². The van der Waals surface area contributed by atoms with Crippen molar-refractivity contribution in [1.82, 2.24) is 0 Å². The van der Waals surface area contributed by atoms with Crippen LogP contribution in [0, 0.1) is 0 Å². The van der Waals surface area contributed by atoms with E-state index >= 15 is 0 Å². The van der Waals surface area contributed by atoms with Crippen LogP contribution in [0.5, 0.6) is 0 Å². The normalized spacial score (nSPS) is 14.3. The van der Waals surface area contributed by atoms with Crippen LogP contribution in [0.15, 0.2) is 12.0 Å². The van der Waals surface area contributed by atoms with Crippen molar-refractivity contribution in [2.24, 2.45) is 0 Å². The average molecular weight is 286 g/mol. The molecule has 0 amide bonds. The van der Waals surface area contributed by atoms with E-state index in [2.05, 4.69) is 6.92 Å². The van der Waals surface area contributed by atoms with E-state index in [0.29, 0.717) is 36.2 Å². The van der Waals surface area contributed by atoms with Crippen molar-refractivity contribution >= 4 is 5.97 Å². The molecule has 0 saturated heterocycles. The number of carboxylic acid groups (broad SMARTS) is 1. The highest BCUT2D eigenvalue weighted by Crippen LogP contribution is 2.21. The van der Waals surface area contributed by atoms with Crippen molar-refractivity contribution in [3.63, 3.8) is 0 Å². The van der Waals surface area contributed by atoms with Gasteiger partial charge in [-0.3, -0.25) is 4.48 Å². The summed E-state index contributed by atoms with van der Waals surface area (Å²) in [4.78, 5) is 11.4. The Hall–Kier alpha value is -1.03. The maximum atomic E-state index is 11.4. The third-order valence-corrected chi connectivity index (χ3v) is 4.16. The van der Waals surface area contributed by atoms with Gasteiger partial charge in [-0.25, -0.2) is 4.79 Å². The lowest BCUT2D eigenvalue weighted by Gasteiger charge is -2.37. The predicted octanol–water partition coefficient (Wildman–Crippen LogP) is 4.08. The summed E-state index contributed by atoms with van der Waals surface area (Å²) in [7, 11) is 0. The lowest BCUT2D eigenvalue weighted by atomic mass is 10.1. The summed E-state index contributed by atoms with van der Waals surface area (Å²) in [5.41, 5.74) is 0. The zero-order chi connectivity index (χ0) is 15.6. The number of nitrogens with zero attached hydrogens (tertiary/aromatic N) is 1. The van der Waals surface area contributed by atoms with Gasteiger partial charge in [0.05, 0.1) is 13.1 Å². The Morgan fingerprint density at radius 1 is 1.05 bits per heavy atom. The Kier molecular flexibility index (Phi) is 9.30. The third kappa shape index (κ3) is 5.53. The zero-order valence-corrected chi connectivity index (χ0v) is 13.6. The van der Waals surface area contributed by atoms with Crippen LogP contribution in [-0.2, 0) is 4.79 Å². The second-order valence-corrected chi connectivity index (χ2v) is 5.43. The molecule has 0 aliphatic carbocycles. The highest BCUT2D eigenvalue weighted by molar-refractivity contribution is 5.72. The molecule has 0 aromatic heterocycles. The van der Waals surface area contributed by atoms with Gasteiger partial charge >= 0.3 is 5.97 Å². The minimum atomic E-state index is -0.786. The first-order valence-electron chi connectivity index (χ1n) is 7.97. The molecule has 0 aliphatic rings. The number of unbranched alkanes of at least 4 members (excludes halogenated alkanes) is 3. The van der Waals surface area contributed by atoms with Crippen LogP contribution in [0.3, 0.4) is 0 Å². The van der Waals surface area contributed by atoms with E-state index in [9.17, 15) is 15.0 Å². The van der Waals surface area contributed by atoms with Crippen LogP contribution in [-0.4, -0.2) is 39.8 Å². The lowest BCUT2D eigenvalue weighted by molar-refractivity contribution is -0.893. The number of allylic oxidation sites excluding steroid dienone is 1. The van der Waals surface area contributed by atoms with E-state index in [1.165, 1.54) is 12.8 Å². The van der Waals surface area contributed by atoms with Gasteiger partial charge in [0, 0.05) is 12.8 Å². The van der Waals surface area contributed by atoms with Crippen molar-refractivity contribution in [1.29, 1.82) is 0 Å². The molecule has 0 aromatic carbocycles. The minimum Gasteiger partial charge on any atom is -0.507 e. The van der Waals surface area contributed by atoms with Crippen molar-refractivity contribution in [2.75, 3.05) is 13.1 Å². The van der Waals surface area contributed by atoms with Gasteiger partial charge in [-0.2, -0.15) is 0 Å². The molecule has 0 spiro atoms. The van der Waals surface area contributed by atoms with Crippen molar-refractivity contribution in [2.45, 2.75) is 72.3 Å². The highest BCUT2D eigenvalue weighted by Gasteiger charge is 2.37. The van der Waals surface area contributed by atoms with Crippen LogP contribution < -0.4 is 0 Å². The fraction of sp³-hybridized carbons (Fsp3) is 0.812. The Labute approximate surface area is 123 Å².